The molecule has 0 saturated carbocycles. The van der Waals surface area contributed by atoms with E-state index in [4.69, 9.17) is 23.7 Å². The van der Waals surface area contributed by atoms with Gasteiger partial charge in [-0.25, -0.2) is 0 Å². The van der Waals surface area contributed by atoms with Crippen molar-refractivity contribution in [3.63, 3.8) is 0 Å². The Kier molecular flexibility index (Phi) is 7.65. The Labute approximate surface area is 187 Å². The SMILES string of the molecule is COC(=O)C[C@@H]1O[C@@H]2[C@@H](OCc3ccccc3)[C@@H](OCc3ccccc3)CO[C@H]2CC1=O. The number of hydrogen-bond donors (Lipinski definition) is 0. The molecule has 7 heteroatoms. The zero-order valence-corrected chi connectivity index (χ0v) is 18.1. The normalized spacial score (nSPS) is 27.5. The van der Waals surface area contributed by atoms with E-state index >= 15 is 0 Å². The summed E-state index contributed by atoms with van der Waals surface area (Å²) in [5, 5.41) is 0. The van der Waals surface area contributed by atoms with Gasteiger partial charge in [0.05, 0.1) is 39.5 Å². The fourth-order valence-electron chi connectivity index (χ4n) is 4.05. The Balaban J connectivity index is 1.49. The van der Waals surface area contributed by atoms with Crippen molar-refractivity contribution >= 4 is 11.8 Å². The van der Waals surface area contributed by atoms with Crippen molar-refractivity contribution in [1.29, 1.82) is 0 Å². The van der Waals surface area contributed by atoms with Gasteiger partial charge in [0.25, 0.3) is 0 Å². The van der Waals surface area contributed by atoms with Crippen molar-refractivity contribution < 1.29 is 33.3 Å². The highest BCUT2D eigenvalue weighted by molar-refractivity contribution is 5.88. The molecule has 0 amide bonds. The van der Waals surface area contributed by atoms with Gasteiger partial charge in [-0.3, -0.25) is 9.59 Å². The van der Waals surface area contributed by atoms with Crippen LogP contribution in [0.15, 0.2) is 60.7 Å². The van der Waals surface area contributed by atoms with Crippen LogP contribution in [0.2, 0.25) is 0 Å². The lowest BCUT2D eigenvalue weighted by Crippen LogP contribution is -2.60. The minimum atomic E-state index is -0.872. The first-order valence-electron chi connectivity index (χ1n) is 10.8. The minimum absolute atomic E-state index is 0.125. The van der Waals surface area contributed by atoms with E-state index in [2.05, 4.69) is 0 Å². The highest BCUT2D eigenvalue weighted by atomic mass is 16.6. The minimum Gasteiger partial charge on any atom is -0.469 e. The van der Waals surface area contributed by atoms with Crippen LogP contribution in [0, 0.1) is 0 Å². The van der Waals surface area contributed by atoms with Crippen LogP contribution >= 0.6 is 0 Å². The van der Waals surface area contributed by atoms with Gasteiger partial charge in [0.15, 0.2) is 5.78 Å². The second-order valence-corrected chi connectivity index (χ2v) is 8.01. The van der Waals surface area contributed by atoms with Crippen LogP contribution < -0.4 is 0 Å². The number of rotatable bonds is 8. The number of esters is 1. The van der Waals surface area contributed by atoms with Crippen LogP contribution in [0.4, 0.5) is 0 Å². The van der Waals surface area contributed by atoms with E-state index < -0.39 is 30.4 Å². The maximum absolute atomic E-state index is 12.5. The lowest BCUT2D eigenvalue weighted by atomic mass is 9.90. The second-order valence-electron chi connectivity index (χ2n) is 8.01. The first-order chi connectivity index (χ1) is 15.6. The molecule has 2 saturated heterocycles. The molecule has 0 unspecified atom stereocenters. The van der Waals surface area contributed by atoms with Gasteiger partial charge >= 0.3 is 5.97 Å². The molecule has 2 aromatic carbocycles. The van der Waals surface area contributed by atoms with Crippen LogP contribution in [-0.2, 0) is 46.5 Å². The molecular formula is C25H28O7. The van der Waals surface area contributed by atoms with Crippen molar-refractivity contribution in [3.05, 3.63) is 71.8 Å². The van der Waals surface area contributed by atoms with Gasteiger partial charge in [-0.05, 0) is 11.1 Å². The maximum Gasteiger partial charge on any atom is 0.308 e. The number of hydrogen-bond acceptors (Lipinski definition) is 7. The third-order valence-corrected chi connectivity index (χ3v) is 5.79. The van der Waals surface area contributed by atoms with E-state index in [1.807, 2.05) is 60.7 Å². The van der Waals surface area contributed by atoms with Gasteiger partial charge in [0.1, 0.15) is 24.4 Å². The number of carbonyl (C=O) groups excluding carboxylic acids is 2. The molecule has 4 rings (SSSR count). The molecule has 170 valence electrons. The Hall–Kier alpha value is -2.58. The van der Waals surface area contributed by atoms with Gasteiger partial charge in [0.2, 0.25) is 0 Å². The fraction of sp³-hybridized carbons (Fsp3) is 0.440. The molecule has 2 fully saturated rings. The number of carbonyl (C=O) groups is 2. The summed E-state index contributed by atoms with van der Waals surface area (Å²) in [4.78, 5) is 24.3. The molecule has 0 aromatic heterocycles. The first-order valence-corrected chi connectivity index (χ1v) is 10.8. The third-order valence-electron chi connectivity index (χ3n) is 5.79. The van der Waals surface area contributed by atoms with E-state index in [1.165, 1.54) is 7.11 Å². The fourth-order valence-corrected chi connectivity index (χ4v) is 4.05. The summed E-state index contributed by atoms with van der Waals surface area (Å²) in [5.74, 6) is -0.653. The summed E-state index contributed by atoms with van der Waals surface area (Å²) in [6, 6.07) is 19.7. The van der Waals surface area contributed by atoms with Gasteiger partial charge < -0.3 is 23.7 Å². The highest BCUT2D eigenvalue weighted by Gasteiger charge is 2.49. The van der Waals surface area contributed by atoms with Crippen molar-refractivity contribution in [1.82, 2.24) is 0 Å². The van der Waals surface area contributed by atoms with E-state index in [9.17, 15) is 9.59 Å². The van der Waals surface area contributed by atoms with E-state index in [0.717, 1.165) is 11.1 Å². The Morgan fingerprint density at radius 2 is 1.59 bits per heavy atom. The van der Waals surface area contributed by atoms with Crippen LogP contribution in [0.25, 0.3) is 0 Å². The summed E-state index contributed by atoms with van der Waals surface area (Å²) in [7, 11) is 1.29. The highest BCUT2D eigenvalue weighted by Crippen LogP contribution is 2.32. The van der Waals surface area contributed by atoms with Gasteiger partial charge in [0, 0.05) is 6.42 Å². The maximum atomic E-state index is 12.5. The summed E-state index contributed by atoms with van der Waals surface area (Å²) in [5.41, 5.74) is 2.06. The number of ether oxygens (including phenoxy) is 5. The predicted octanol–water partition coefficient (Wildman–Crippen LogP) is 2.85. The van der Waals surface area contributed by atoms with Crippen LogP contribution in [0.1, 0.15) is 24.0 Å². The first kappa shape index (κ1) is 22.6. The van der Waals surface area contributed by atoms with Crippen molar-refractivity contribution in [2.75, 3.05) is 13.7 Å². The van der Waals surface area contributed by atoms with E-state index in [-0.39, 0.29) is 24.7 Å². The average Bonchev–Trinajstić information content (AvgIpc) is 2.83. The monoisotopic (exact) mass is 440 g/mol. The molecule has 0 bridgehead atoms. The molecule has 5 atom stereocenters. The lowest BCUT2D eigenvalue weighted by Gasteiger charge is -2.45. The van der Waals surface area contributed by atoms with Gasteiger partial charge in [-0.15, -0.1) is 0 Å². The predicted molar refractivity (Wildman–Crippen MR) is 115 cm³/mol. The lowest BCUT2D eigenvalue weighted by molar-refractivity contribution is -0.255. The Morgan fingerprint density at radius 3 is 2.22 bits per heavy atom. The molecule has 2 aliphatic rings. The topological polar surface area (TPSA) is 80.3 Å². The molecule has 0 aliphatic carbocycles. The molecule has 2 heterocycles. The smallest absolute Gasteiger partial charge is 0.308 e. The summed E-state index contributed by atoms with van der Waals surface area (Å²) in [6.07, 6.45) is -2.63. The second kappa shape index (κ2) is 10.8. The Morgan fingerprint density at radius 1 is 0.969 bits per heavy atom. The zero-order valence-electron chi connectivity index (χ0n) is 18.1. The summed E-state index contributed by atoms with van der Waals surface area (Å²) >= 11 is 0. The number of fused-ring (bicyclic) bond motifs is 1. The average molecular weight is 440 g/mol. The van der Waals surface area contributed by atoms with Crippen molar-refractivity contribution in [2.45, 2.75) is 56.6 Å². The van der Waals surface area contributed by atoms with Gasteiger partial charge in [-0.2, -0.15) is 0 Å². The number of Topliss-reactive ketones (excluding diaryl/α,β-unsaturated/α-hetero) is 1. The molecule has 0 N–H and O–H groups in total. The molecule has 2 aromatic rings. The van der Waals surface area contributed by atoms with Crippen LogP contribution in [0.5, 0.6) is 0 Å². The van der Waals surface area contributed by atoms with E-state index in [1.54, 1.807) is 0 Å². The summed E-state index contributed by atoms with van der Waals surface area (Å²) in [6.45, 7) is 1.08. The van der Waals surface area contributed by atoms with Crippen LogP contribution in [0.3, 0.4) is 0 Å². The quantitative estimate of drug-likeness (QED) is 0.584. The molecule has 0 radical (unpaired) electrons. The molecular weight excluding hydrogens is 412 g/mol. The standard InChI is InChI=1S/C25H28O7/c1-28-23(27)13-20-19(26)12-21-25(32-20)24(31-15-18-10-6-3-7-11-18)22(16-30-21)29-14-17-8-4-2-5-9-17/h2-11,20-22,24-25H,12-16H2,1H3/t20-,21-,22-,24-,25-/m0/s1. The number of ketones is 1. The van der Waals surface area contributed by atoms with Crippen LogP contribution in [-0.4, -0.2) is 56.0 Å². The third kappa shape index (κ3) is 5.61. The van der Waals surface area contributed by atoms with Crippen molar-refractivity contribution in [3.8, 4) is 0 Å². The molecule has 2 aliphatic heterocycles. The van der Waals surface area contributed by atoms with E-state index in [0.29, 0.717) is 19.8 Å². The largest absolute Gasteiger partial charge is 0.469 e. The van der Waals surface area contributed by atoms with Crippen molar-refractivity contribution in [2.24, 2.45) is 0 Å². The number of benzene rings is 2. The summed E-state index contributed by atoms with van der Waals surface area (Å²) < 4.78 is 29.2. The Bertz CT molecular complexity index is 886. The molecule has 7 nitrogen and oxygen atoms in total. The zero-order chi connectivity index (χ0) is 22.3. The number of methoxy groups -OCH3 is 1. The van der Waals surface area contributed by atoms with Gasteiger partial charge in [-0.1, -0.05) is 60.7 Å². The molecule has 0 spiro atoms. The molecule has 32 heavy (non-hydrogen) atoms.